The molecule has 0 amide bonds. The smallest absolute Gasteiger partial charge is 0.462 e. The summed E-state index contributed by atoms with van der Waals surface area (Å²) in [5.74, 6) is -0.600. The number of phosphoric ester groups is 2. The van der Waals surface area contributed by atoms with Crippen molar-refractivity contribution >= 4 is 39.5 Å². The van der Waals surface area contributed by atoms with E-state index in [2.05, 4.69) is 41.5 Å². The summed E-state index contributed by atoms with van der Waals surface area (Å²) in [6.45, 7) is 9.58. The predicted molar refractivity (Wildman–Crippen MR) is 391 cm³/mol. The molecule has 0 aromatic heterocycles. The second-order valence-corrected chi connectivity index (χ2v) is 31.4. The van der Waals surface area contributed by atoms with Crippen molar-refractivity contribution in [3.05, 3.63) is 0 Å². The first kappa shape index (κ1) is 94.1. The van der Waals surface area contributed by atoms with Crippen molar-refractivity contribution < 1.29 is 80.2 Å². The molecule has 0 rings (SSSR count). The van der Waals surface area contributed by atoms with Gasteiger partial charge in [-0.1, -0.05) is 350 Å². The molecule has 0 bridgehead atoms. The molecule has 19 heteroatoms. The highest BCUT2D eigenvalue weighted by Crippen LogP contribution is 2.45. The molecule has 0 aromatic carbocycles. The van der Waals surface area contributed by atoms with E-state index in [1.165, 1.54) is 218 Å². The molecule has 570 valence electrons. The van der Waals surface area contributed by atoms with Crippen LogP contribution in [0.1, 0.15) is 401 Å². The molecule has 0 aliphatic heterocycles. The van der Waals surface area contributed by atoms with Crippen LogP contribution in [0.2, 0.25) is 0 Å². The zero-order valence-corrected chi connectivity index (χ0v) is 64.5. The third-order valence-electron chi connectivity index (χ3n) is 18.3. The number of hydrogen-bond donors (Lipinski definition) is 3. The Morgan fingerprint density at radius 3 is 0.792 bits per heavy atom. The summed E-state index contributed by atoms with van der Waals surface area (Å²) < 4.78 is 68.6. The summed E-state index contributed by atoms with van der Waals surface area (Å²) in [6, 6.07) is 0. The van der Waals surface area contributed by atoms with Crippen molar-refractivity contribution in [2.75, 3.05) is 39.6 Å². The summed E-state index contributed by atoms with van der Waals surface area (Å²) in [7, 11) is -9.91. The molecule has 0 aromatic rings. The molecule has 0 radical (unpaired) electrons. The predicted octanol–water partition coefficient (Wildman–Crippen LogP) is 22.7. The number of aliphatic hydroxyl groups is 1. The Bertz CT molecular complexity index is 1860. The van der Waals surface area contributed by atoms with E-state index < -0.39 is 97.5 Å². The average Bonchev–Trinajstić information content (AvgIpc) is 1.44. The van der Waals surface area contributed by atoms with Crippen LogP contribution in [0.5, 0.6) is 0 Å². The van der Waals surface area contributed by atoms with Crippen LogP contribution in [-0.4, -0.2) is 96.7 Å². The Kier molecular flexibility index (Phi) is 67.4. The first-order valence-corrected chi connectivity index (χ1v) is 43.0. The van der Waals surface area contributed by atoms with Crippen molar-refractivity contribution in [3.8, 4) is 0 Å². The van der Waals surface area contributed by atoms with Gasteiger partial charge in [0.2, 0.25) is 0 Å². The van der Waals surface area contributed by atoms with Crippen LogP contribution >= 0.6 is 15.6 Å². The number of unbranched alkanes of at least 4 members (excludes halogenated alkanes) is 45. The van der Waals surface area contributed by atoms with Crippen molar-refractivity contribution in [1.82, 2.24) is 0 Å². The number of ether oxygens (including phenoxy) is 4. The van der Waals surface area contributed by atoms with E-state index in [1.807, 2.05) is 0 Å². The third kappa shape index (κ3) is 69.2. The lowest BCUT2D eigenvalue weighted by molar-refractivity contribution is -0.161. The van der Waals surface area contributed by atoms with E-state index in [0.717, 1.165) is 102 Å². The Balaban J connectivity index is 5.24. The minimum absolute atomic E-state index is 0.105. The van der Waals surface area contributed by atoms with Crippen LogP contribution in [-0.2, 0) is 65.4 Å². The first-order valence-electron chi connectivity index (χ1n) is 40.0. The molecule has 6 atom stereocenters. The Hall–Kier alpha value is -1.94. The van der Waals surface area contributed by atoms with Gasteiger partial charge in [0.1, 0.15) is 19.3 Å². The van der Waals surface area contributed by atoms with E-state index in [0.29, 0.717) is 25.7 Å². The topological polar surface area (TPSA) is 237 Å². The van der Waals surface area contributed by atoms with Crippen molar-refractivity contribution in [1.29, 1.82) is 0 Å². The number of carbonyl (C=O) groups excluding carboxylic acids is 4. The standard InChI is InChI=1S/C77H150O17P2/c1-7-10-12-14-16-18-20-22-23-24-25-26-27-29-31-35-43-49-55-61-76(81)93-72(65-87-74(79)59-53-47-41-34-30-28-21-19-17-15-13-11-8-2)67-91-95(83,84)89-63-71(78)64-90-96(85,86)92-68-73(94-77(82)62-56-50-44-36-32-33-39-45-51-57-69(4)5)66-88-75(80)60-54-48-42-38-37-40-46-52-58-70(6)9-3/h69-73,78H,7-68H2,1-6H3,(H,83,84)(H,85,86)/t70?,71-,72-,73-/m1/s1. The maximum Gasteiger partial charge on any atom is 0.472 e. The van der Waals surface area contributed by atoms with E-state index in [9.17, 15) is 43.2 Å². The molecule has 0 fully saturated rings. The van der Waals surface area contributed by atoms with Crippen molar-refractivity contribution in [2.45, 2.75) is 419 Å². The second kappa shape index (κ2) is 68.8. The lowest BCUT2D eigenvalue weighted by Crippen LogP contribution is -2.30. The third-order valence-corrected chi connectivity index (χ3v) is 20.2. The highest BCUT2D eigenvalue weighted by atomic mass is 31.2. The molecule has 3 unspecified atom stereocenters. The van der Waals surface area contributed by atoms with Gasteiger partial charge in [0.25, 0.3) is 0 Å². The summed E-state index contributed by atoms with van der Waals surface area (Å²) in [4.78, 5) is 72.9. The normalized spacial score (nSPS) is 14.3. The summed E-state index contributed by atoms with van der Waals surface area (Å²) >= 11 is 0. The van der Waals surface area contributed by atoms with E-state index in [1.54, 1.807) is 0 Å². The summed E-state index contributed by atoms with van der Waals surface area (Å²) in [5.41, 5.74) is 0. The molecule has 3 N–H and O–H groups in total. The minimum Gasteiger partial charge on any atom is -0.462 e. The van der Waals surface area contributed by atoms with E-state index >= 15 is 0 Å². The number of phosphoric acid groups is 2. The molecule has 17 nitrogen and oxygen atoms in total. The lowest BCUT2D eigenvalue weighted by Gasteiger charge is -2.21. The van der Waals surface area contributed by atoms with Gasteiger partial charge in [-0.05, 0) is 37.5 Å². The molecule has 96 heavy (non-hydrogen) atoms. The van der Waals surface area contributed by atoms with Gasteiger partial charge in [0.15, 0.2) is 12.2 Å². The van der Waals surface area contributed by atoms with Gasteiger partial charge in [-0.3, -0.25) is 37.3 Å². The minimum atomic E-state index is -4.96. The van der Waals surface area contributed by atoms with Crippen LogP contribution in [0, 0.1) is 11.8 Å². The zero-order valence-electron chi connectivity index (χ0n) is 62.7. The van der Waals surface area contributed by atoms with Gasteiger partial charge in [0, 0.05) is 25.7 Å². The quantitative estimate of drug-likeness (QED) is 0.0222. The Labute approximate surface area is 588 Å². The van der Waals surface area contributed by atoms with Crippen LogP contribution in [0.3, 0.4) is 0 Å². The van der Waals surface area contributed by atoms with Gasteiger partial charge in [-0.25, -0.2) is 9.13 Å². The molecule has 0 heterocycles. The number of rotatable bonds is 76. The van der Waals surface area contributed by atoms with Gasteiger partial charge in [-0.2, -0.15) is 0 Å². The Morgan fingerprint density at radius 2 is 0.531 bits per heavy atom. The lowest BCUT2D eigenvalue weighted by atomic mass is 9.99. The van der Waals surface area contributed by atoms with Crippen LogP contribution in [0.4, 0.5) is 0 Å². The molecule has 0 aliphatic rings. The number of hydrogen-bond acceptors (Lipinski definition) is 15. The van der Waals surface area contributed by atoms with Gasteiger partial charge < -0.3 is 33.8 Å². The molecular formula is C77H150O17P2. The fourth-order valence-corrected chi connectivity index (χ4v) is 13.4. The number of aliphatic hydroxyl groups excluding tert-OH is 1. The summed E-state index contributed by atoms with van der Waals surface area (Å²) in [6.07, 6.45) is 56.8. The van der Waals surface area contributed by atoms with Crippen LogP contribution < -0.4 is 0 Å². The second-order valence-electron chi connectivity index (χ2n) is 28.5. The fraction of sp³-hybridized carbons (Fsp3) is 0.948. The maximum absolute atomic E-state index is 13.1. The monoisotopic (exact) mass is 1410 g/mol. The molecule has 0 saturated carbocycles. The average molecular weight is 1410 g/mol. The molecule has 0 spiro atoms. The fourth-order valence-electron chi connectivity index (χ4n) is 11.8. The van der Waals surface area contributed by atoms with E-state index in [4.69, 9.17) is 37.0 Å². The molecule has 0 saturated heterocycles. The van der Waals surface area contributed by atoms with E-state index in [-0.39, 0.29) is 25.7 Å². The van der Waals surface area contributed by atoms with Crippen molar-refractivity contribution in [2.24, 2.45) is 11.8 Å². The van der Waals surface area contributed by atoms with Crippen LogP contribution in [0.15, 0.2) is 0 Å². The van der Waals surface area contributed by atoms with Gasteiger partial charge >= 0.3 is 39.5 Å². The highest BCUT2D eigenvalue weighted by Gasteiger charge is 2.30. The first-order chi connectivity index (χ1) is 46.4. The van der Waals surface area contributed by atoms with Crippen LogP contribution in [0.25, 0.3) is 0 Å². The number of carbonyl (C=O) groups is 4. The zero-order chi connectivity index (χ0) is 70.7. The van der Waals surface area contributed by atoms with Gasteiger partial charge in [0.05, 0.1) is 26.4 Å². The van der Waals surface area contributed by atoms with Gasteiger partial charge in [-0.15, -0.1) is 0 Å². The largest absolute Gasteiger partial charge is 0.472 e. The SMILES string of the molecule is CCCCCCCCCCCCCCCCCCCCCC(=O)O[C@H](COC(=O)CCCCCCCCCCCCCCC)COP(=O)(O)OC[C@@H](O)COP(=O)(O)OC[C@@H](COC(=O)CCCCCCCCCCC(C)CC)OC(=O)CCCCCCCCCCCC(C)C. The molecule has 0 aliphatic carbocycles. The maximum atomic E-state index is 13.1. The van der Waals surface area contributed by atoms with Crippen molar-refractivity contribution in [3.63, 3.8) is 0 Å². The molecular weight excluding hydrogens is 1260 g/mol. The number of esters is 4. The Morgan fingerprint density at radius 1 is 0.302 bits per heavy atom. The highest BCUT2D eigenvalue weighted by molar-refractivity contribution is 7.47. The summed E-state index contributed by atoms with van der Waals surface area (Å²) in [5, 5.41) is 10.6.